The Kier molecular flexibility index (Phi) is 3.62. The van der Waals surface area contributed by atoms with E-state index >= 15 is 0 Å². The van der Waals surface area contributed by atoms with Crippen molar-refractivity contribution in [3.05, 3.63) is 35.9 Å². The van der Waals surface area contributed by atoms with Crippen molar-refractivity contribution in [2.45, 2.75) is 6.04 Å². The third kappa shape index (κ3) is 2.31. The second kappa shape index (κ2) is 4.74. The first kappa shape index (κ1) is 10.7. The quantitative estimate of drug-likeness (QED) is 0.721. The minimum absolute atomic E-state index is 0.265. The van der Waals surface area contributed by atoms with E-state index in [4.69, 9.17) is 10.6 Å². The van der Waals surface area contributed by atoms with Crippen molar-refractivity contribution < 1.29 is 9.63 Å². The van der Waals surface area contributed by atoms with Crippen molar-refractivity contribution in [2.24, 2.45) is 5.73 Å². The molecule has 0 unspecified atom stereocenters. The summed E-state index contributed by atoms with van der Waals surface area (Å²) in [6, 6.07) is 8.52. The minimum atomic E-state index is -0.666. The van der Waals surface area contributed by atoms with Gasteiger partial charge >= 0.3 is 0 Å². The number of benzene rings is 1. The molecule has 0 aliphatic rings. The normalized spacial score (nSPS) is 12.2. The van der Waals surface area contributed by atoms with E-state index in [0.29, 0.717) is 0 Å². The summed E-state index contributed by atoms with van der Waals surface area (Å²) >= 11 is 0. The van der Waals surface area contributed by atoms with E-state index in [1.54, 1.807) is 0 Å². The fourth-order valence-corrected chi connectivity index (χ4v) is 1.09. The second-order valence-electron chi connectivity index (χ2n) is 2.91. The zero-order chi connectivity index (χ0) is 10.6. The molecule has 0 bridgehead atoms. The van der Waals surface area contributed by atoms with Crippen molar-refractivity contribution in [3.8, 4) is 0 Å². The molecular weight excluding hydrogens is 180 g/mol. The molecule has 76 valence electrons. The van der Waals surface area contributed by atoms with Crippen molar-refractivity contribution >= 4 is 5.91 Å². The first-order chi connectivity index (χ1) is 6.66. The van der Waals surface area contributed by atoms with Gasteiger partial charge in [0.25, 0.3) is 5.91 Å². The molecule has 0 spiro atoms. The highest BCUT2D eigenvalue weighted by Crippen LogP contribution is 2.11. The number of amides is 1. The van der Waals surface area contributed by atoms with Crippen LogP contribution in [0.4, 0.5) is 0 Å². The predicted octanol–water partition coefficient (Wildman–Crippen LogP) is 0.706. The topological polar surface area (TPSA) is 55.6 Å². The second-order valence-corrected chi connectivity index (χ2v) is 2.91. The number of hydroxylamine groups is 2. The fraction of sp³-hybridized carbons (Fsp3) is 0.300. The Morgan fingerprint density at radius 3 is 2.50 bits per heavy atom. The van der Waals surface area contributed by atoms with Crippen molar-refractivity contribution in [1.82, 2.24) is 5.06 Å². The summed E-state index contributed by atoms with van der Waals surface area (Å²) in [5, 5.41) is 1.12. The molecule has 0 fully saturated rings. The van der Waals surface area contributed by atoms with Gasteiger partial charge < -0.3 is 5.73 Å². The monoisotopic (exact) mass is 194 g/mol. The molecule has 0 aliphatic carbocycles. The Morgan fingerprint density at radius 1 is 1.43 bits per heavy atom. The number of carbonyl (C=O) groups is 1. The number of carbonyl (C=O) groups excluding carboxylic acids is 1. The Morgan fingerprint density at radius 2 is 2.00 bits per heavy atom. The maximum Gasteiger partial charge on any atom is 0.267 e. The van der Waals surface area contributed by atoms with Gasteiger partial charge in [-0.15, -0.1) is 0 Å². The van der Waals surface area contributed by atoms with Crippen LogP contribution in [-0.2, 0) is 9.63 Å². The van der Waals surface area contributed by atoms with Crippen LogP contribution in [0.15, 0.2) is 30.3 Å². The van der Waals surface area contributed by atoms with Gasteiger partial charge in [0.15, 0.2) is 0 Å². The van der Waals surface area contributed by atoms with Gasteiger partial charge in [-0.05, 0) is 5.56 Å². The molecule has 0 saturated heterocycles. The minimum Gasteiger partial charge on any atom is -0.316 e. The first-order valence-corrected chi connectivity index (χ1v) is 4.29. The SMILES string of the molecule is CON(C)C(=O)[C@@H](N)c1ccccc1. The fourth-order valence-electron chi connectivity index (χ4n) is 1.09. The number of nitrogens with zero attached hydrogens (tertiary/aromatic N) is 1. The Hall–Kier alpha value is -1.39. The number of nitrogens with two attached hydrogens (primary N) is 1. The lowest BCUT2D eigenvalue weighted by atomic mass is 10.1. The standard InChI is InChI=1S/C10H14N2O2/c1-12(14-2)10(13)9(11)8-6-4-3-5-7-8/h3-7,9H,11H2,1-2H3/t9-/m0/s1. The Balaban J connectivity index is 2.76. The zero-order valence-electron chi connectivity index (χ0n) is 8.31. The van der Waals surface area contributed by atoms with Gasteiger partial charge in [0, 0.05) is 7.05 Å². The molecule has 14 heavy (non-hydrogen) atoms. The van der Waals surface area contributed by atoms with E-state index in [0.717, 1.165) is 10.6 Å². The van der Waals surface area contributed by atoms with Crippen LogP contribution in [0.25, 0.3) is 0 Å². The molecule has 4 nitrogen and oxygen atoms in total. The molecule has 1 aromatic rings. The average molecular weight is 194 g/mol. The summed E-state index contributed by atoms with van der Waals surface area (Å²) in [6.45, 7) is 0. The number of likely N-dealkylation sites (N-methyl/N-ethyl adjacent to an activating group) is 1. The summed E-state index contributed by atoms with van der Waals surface area (Å²) in [5.41, 5.74) is 6.52. The van der Waals surface area contributed by atoms with E-state index in [-0.39, 0.29) is 5.91 Å². The van der Waals surface area contributed by atoms with Crippen LogP contribution in [-0.4, -0.2) is 25.1 Å². The van der Waals surface area contributed by atoms with Gasteiger partial charge in [0.05, 0.1) is 7.11 Å². The lowest BCUT2D eigenvalue weighted by Crippen LogP contribution is -2.35. The van der Waals surface area contributed by atoms with Gasteiger partial charge in [0.2, 0.25) is 0 Å². The summed E-state index contributed by atoms with van der Waals surface area (Å²) in [4.78, 5) is 16.3. The third-order valence-electron chi connectivity index (χ3n) is 2.01. The number of hydrogen-bond donors (Lipinski definition) is 1. The van der Waals surface area contributed by atoms with Crippen LogP contribution in [0.1, 0.15) is 11.6 Å². The average Bonchev–Trinajstić information content (AvgIpc) is 2.27. The highest BCUT2D eigenvalue weighted by atomic mass is 16.7. The number of rotatable bonds is 3. The lowest BCUT2D eigenvalue weighted by Gasteiger charge is -2.18. The molecule has 4 heteroatoms. The molecule has 1 rings (SSSR count). The lowest BCUT2D eigenvalue weighted by molar-refractivity contribution is -0.170. The van der Waals surface area contributed by atoms with Crippen LogP contribution in [0, 0.1) is 0 Å². The molecule has 2 N–H and O–H groups in total. The molecule has 1 aromatic carbocycles. The van der Waals surface area contributed by atoms with Gasteiger partial charge in [-0.25, -0.2) is 5.06 Å². The Bertz CT molecular complexity index is 300. The van der Waals surface area contributed by atoms with Gasteiger partial charge in [-0.1, -0.05) is 30.3 Å². The zero-order valence-corrected chi connectivity index (χ0v) is 8.31. The summed E-state index contributed by atoms with van der Waals surface area (Å²) in [6.07, 6.45) is 0. The van der Waals surface area contributed by atoms with E-state index in [1.165, 1.54) is 14.2 Å². The van der Waals surface area contributed by atoms with Crippen molar-refractivity contribution in [1.29, 1.82) is 0 Å². The van der Waals surface area contributed by atoms with E-state index in [1.807, 2.05) is 30.3 Å². The first-order valence-electron chi connectivity index (χ1n) is 4.29. The maximum atomic E-state index is 11.6. The largest absolute Gasteiger partial charge is 0.316 e. The molecule has 0 saturated carbocycles. The van der Waals surface area contributed by atoms with Crippen molar-refractivity contribution in [3.63, 3.8) is 0 Å². The molecule has 0 aliphatic heterocycles. The third-order valence-corrected chi connectivity index (χ3v) is 2.01. The van der Waals surface area contributed by atoms with Crippen molar-refractivity contribution in [2.75, 3.05) is 14.2 Å². The molecule has 1 amide bonds. The van der Waals surface area contributed by atoms with E-state index in [9.17, 15) is 4.79 Å². The Labute approximate surface area is 83.2 Å². The van der Waals surface area contributed by atoms with Gasteiger partial charge in [0.1, 0.15) is 6.04 Å². The van der Waals surface area contributed by atoms with Gasteiger partial charge in [-0.3, -0.25) is 9.63 Å². The highest BCUT2D eigenvalue weighted by Gasteiger charge is 2.19. The van der Waals surface area contributed by atoms with Gasteiger partial charge in [-0.2, -0.15) is 0 Å². The van der Waals surface area contributed by atoms with E-state index in [2.05, 4.69) is 0 Å². The highest BCUT2D eigenvalue weighted by molar-refractivity contribution is 5.81. The number of hydrogen-bond acceptors (Lipinski definition) is 3. The predicted molar refractivity (Wildman–Crippen MR) is 53.1 cm³/mol. The summed E-state index contributed by atoms with van der Waals surface area (Å²) in [7, 11) is 2.96. The van der Waals surface area contributed by atoms with Crippen LogP contribution in [0.2, 0.25) is 0 Å². The molecule has 0 heterocycles. The molecule has 0 aromatic heterocycles. The van der Waals surface area contributed by atoms with E-state index < -0.39 is 6.04 Å². The molecular formula is C10H14N2O2. The van der Waals surface area contributed by atoms with Crippen LogP contribution < -0.4 is 5.73 Å². The van der Waals surface area contributed by atoms with Crippen LogP contribution >= 0.6 is 0 Å². The van der Waals surface area contributed by atoms with Crippen LogP contribution in [0.3, 0.4) is 0 Å². The summed E-state index contributed by atoms with van der Waals surface area (Å²) < 4.78 is 0. The molecule has 0 radical (unpaired) electrons. The smallest absolute Gasteiger partial charge is 0.267 e. The summed E-state index contributed by atoms with van der Waals surface area (Å²) in [5.74, 6) is -0.265. The maximum absolute atomic E-state index is 11.6. The molecule has 1 atom stereocenters. The van der Waals surface area contributed by atoms with Crippen LogP contribution in [0.5, 0.6) is 0 Å².